The number of hydrogen-bond acceptors (Lipinski definition) is 4. The number of nitrogens with zero attached hydrogens (tertiary/aromatic N) is 1. The summed E-state index contributed by atoms with van der Waals surface area (Å²) in [5, 5.41) is 8.94. The van der Waals surface area contributed by atoms with Crippen molar-refractivity contribution in [3.05, 3.63) is 34.5 Å². The van der Waals surface area contributed by atoms with Crippen molar-refractivity contribution in [3.63, 3.8) is 0 Å². The predicted octanol–water partition coefficient (Wildman–Crippen LogP) is 2.38. The van der Waals surface area contributed by atoms with Gasteiger partial charge in [-0.2, -0.15) is 4.98 Å². The third-order valence-electron chi connectivity index (χ3n) is 2.01. The first kappa shape index (κ1) is 10.7. The SMILES string of the molecule is Nc1nc(-c2ccc(Br)c(C(=O)O)c2)co1. The minimum Gasteiger partial charge on any atom is -0.478 e. The molecule has 0 fully saturated rings. The molecule has 0 unspecified atom stereocenters. The Labute approximate surface area is 99.0 Å². The summed E-state index contributed by atoms with van der Waals surface area (Å²) in [6, 6.07) is 4.93. The van der Waals surface area contributed by atoms with Crippen LogP contribution in [0.4, 0.5) is 6.01 Å². The number of carboxylic acid groups (broad SMARTS) is 1. The Balaban J connectivity index is 2.51. The molecular formula is C10H7BrN2O3. The molecule has 6 heteroatoms. The first-order valence-corrected chi connectivity index (χ1v) is 5.11. The van der Waals surface area contributed by atoms with Crippen molar-refractivity contribution >= 4 is 27.9 Å². The Hall–Kier alpha value is -1.82. The fourth-order valence-electron chi connectivity index (χ4n) is 1.27. The van der Waals surface area contributed by atoms with Gasteiger partial charge in [0.05, 0.1) is 5.56 Å². The summed E-state index contributed by atoms with van der Waals surface area (Å²) in [7, 11) is 0. The molecule has 0 aliphatic heterocycles. The van der Waals surface area contributed by atoms with Crippen molar-refractivity contribution in [2.75, 3.05) is 5.73 Å². The number of benzene rings is 1. The number of rotatable bonds is 2. The molecule has 0 saturated carbocycles. The maximum atomic E-state index is 10.9. The van der Waals surface area contributed by atoms with Gasteiger partial charge < -0.3 is 15.3 Å². The van der Waals surface area contributed by atoms with Crippen molar-refractivity contribution in [1.29, 1.82) is 0 Å². The lowest BCUT2D eigenvalue weighted by atomic mass is 10.1. The number of carboxylic acids is 1. The minimum absolute atomic E-state index is 0.0507. The van der Waals surface area contributed by atoms with E-state index in [1.807, 2.05) is 0 Å². The van der Waals surface area contributed by atoms with E-state index in [0.717, 1.165) is 0 Å². The van der Waals surface area contributed by atoms with Crippen molar-refractivity contribution in [2.45, 2.75) is 0 Å². The van der Waals surface area contributed by atoms with E-state index in [1.54, 1.807) is 12.1 Å². The van der Waals surface area contributed by atoms with Crippen molar-refractivity contribution in [2.24, 2.45) is 0 Å². The maximum absolute atomic E-state index is 10.9. The highest BCUT2D eigenvalue weighted by Gasteiger charge is 2.11. The third kappa shape index (κ3) is 1.92. The molecule has 16 heavy (non-hydrogen) atoms. The normalized spacial score (nSPS) is 10.3. The number of nitrogen functional groups attached to an aromatic ring is 1. The first-order valence-electron chi connectivity index (χ1n) is 4.32. The average Bonchev–Trinajstić information content (AvgIpc) is 2.65. The molecule has 0 atom stereocenters. The molecule has 2 aromatic rings. The second kappa shape index (κ2) is 3.97. The van der Waals surface area contributed by atoms with Crippen LogP contribution in [0.3, 0.4) is 0 Å². The number of anilines is 1. The number of nitrogens with two attached hydrogens (primary N) is 1. The van der Waals surface area contributed by atoms with E-state index in [1.165, 1.54) is 12.3 Å². The topological polar surface area (TPSA) is 89.3 Å². The van der Waals surface area contributed by atoms with Gasteiger partial charge in [-0.3, -0.25) is 0 Å². The number of halogens is 1. The number of hydrogen-bond donors (Lipinski definition) is 2. The predicted molar refractivity (Wildman–Crippen MR) is 61.0 cm³/mol. The minimum atomic E-state index is -1.01. The highest BCUT2D eigenvalue weighted by molar-refractivity contribution is 9.10. The molecule has 0 spiro atoms. The molecule has 5 nitrogen and oxygen atoms in total. The second-order valence-electron chi connectivity index (χ2n) is 3.07. The molecule has 1 aromatic heterocycles. The summed E-state index contributed by atoms with van der Waals surface area (Å²) in [5.41, 5.74) is 6.65. The van der Waals surface area contributed by atoms with E-state index in [-0.39, 0.29) is 11.6 Å². The Morgan fingerprint density at radius 3 is 2.81 bits per heavy atom. The average molecular weight is 283 g/mol. The molecule has 0 bridgehead atoms. The molecule has 0 amide bonds. The molecule has 1 aromatic carbocycles. The Bertz CT molecular complexity index is 551. The molecule has 3 N–H and O–H groups in total. The first-order chi connectivity index (χ1) is 7.58. The lowest BCUT2D eigenvalue weighted by Gasteiger charge is -2.01. The molecule has 0 radical (unpaired) electrons. The fraction of sp³-hybridized carbons (Fsp3) is 0. The van der Waals surface area contributed by atoms with Crippen LogP contribution in [0.5, 0.6) is 0 Å². The van der Waals surface area contributed by atoms with E-state index in [4.69, 9.17) is 15.3 Å². The van der Waals surface area contributed by atoms with Gasteiger partial charge in [0.15, 0.2) is 0 Å². The van der Waals surface area contributed by atoms with Crippen LogP contribution in [0.1, 0.15) is 10.4 Å². The highest BCUT2D eigenvalue weighted by Crippen LogP contribution is 2.25. The van der Waals surface area contributed by atoms with Gasteiger partial charge in [-0.15, -0.1) is 0 Å². The Morgan fingerprint density at radius 2 is 2.25 bits per heavy atom. The summed E-state index contributed by atoms with van der Waals surface area (Å²) in [4.78, 5) is 14.8. The maximum Gasteiger partial charge on any atom is 0.336 e. The quantitative estimate of drug-likeness (QED) is 0.883. The van der Waals surface area contributed by atoms with Crippen molar-refractivity contribution in [3.8, 4) is 11.3 Å². The largest absolute Gasteiger partial charge is 0.478 e. The van der Waals surface area contributed by atoms with Gasteiger partial charge in [-0.05, 0) is 28.1 Å². The monoisotopic (exact) mass is 282 g/mol. The fourth-order valence-corrected chi connectivity index (χ4v) is 1.68. The summed E-state index contributed by atoms with van der Waals surface area (Å²) >= 11 is 3.16. The van der Waals surface area contributed by atoms with Crippen molar-refractivity contribution in [1.82, 2.24) is 4.98 Å². The van der Waals surface area contributed by atoms with Crippen LogP contribution >= 0.6 is 15.9 Å². The van der Waals surface area contributed by atoms with Gasteiger partial charge in [-0.1, -0.05) is 6.07 Å². The molecule has 0 aliphatic carbocycles. The van der Waals surface area contributed by atoms with Crippen LogP contribution in [0, 0.1) is 0 Å². The van der Waals surface area contributed by atoms with Gasteiger partial charge in [0.1, 0.15) is 12.0 Å². The van der Waals surface area contributed by atoms with Crippen LogP contribution in [0.15, 0.2) is 33.4 Å². The van der Waals surface area contributed by atoms with E-state index in [2.05, 4.69) is 20.9 Å². The van der Waals surface area contributed by atoms with E-state index < -0.39 is 5.97 Å². The lowest BCUT2D eigenvalue weighted by molar-refractivity contribution is 0.0696. The molecule has 0 saturated heterocycles. The number of carbonyl (C=O) groups is 1. The molecular weight excluding hydrogens is 276 g/mol. The summed E-state index contributed by atoms with van der Waals surface area (Å²) < 4.78 is 5.37. The van der Waals surface area contributed by atoms with Crippen LogP contribution in [-0.2, 0) is 0 Å². The summed E-state index contributed by atoms with van der Waals surface area (Å²) in [6.07, 6.45) is 1.38. The van der Waals surface area contributed by atoms with E-state index in [0.29, 0.717) is 15.7 Å². The van der Waals surface area contributed by atoms with Gasteiger partial charge in [0.2, 0.25) is 0 Å². The van der Waals surface area contributed by atoms with Gasteiger partial charge in [0, 0.05) is 10.0 Å². The van der Waals surface area contributed by atoms with Gasteiger partial charge in [0.25, 0.3) is 6.01 Å². The van der Waals surface area contributed by atoms with Crippen LogP contribution in [0.2, 0.25) is 0 Å². The zero-order valence-electron chi connectivity index (χ0n) is 7.98. The third-order valence-corrected chi connectivity index (χ3v) is 2.71. The summed E-state index contributed by atoms with van der Waals surface area (Å²) in [5.74, 6) is -1.01. The number of aromatic carboxylic acids is 1. The van der Waals surface area contributed by atoms with Crippen LogP contribution in [0.25, 0.3) is 11.3 Å². The zero-order chi connectivity index (χ0) is 11.7. The highest BCUT2D eigenvalue weighted by atomic mass is 79.9. The van der Waals surface area contributed by atoms with E-state index >= 15 is 0 Å². The van der Waals surface area contributed by atoms with Crippen molar-refractivity contribution < 1.29 is 14.3 Å². The molecule has 1 heterocycles. The van der Waals surface area contributed by atoms with Gasteiger partial charge >= 0.3 is 5.97 Å². The smallest absolute Gasteiger partial charge is 0.336 e. The van der Waals surface area contributed by atoms with Crippen LogP contribution < -0.4 is 5.73 Å². The Morgan fingerprint density at radius 1 is 1.50 bits per heavy atom. The zero-order valence-corrected chi connectivity index (χ0v) is 9.56. The molecule has 0 aliphatic rings. The number of aromatic nitrogens is 1. The Kier molecular flexibility index (Phi) is 2.66. The second-order valence-corrected chi connectivity index (χ2v) is 3.93. The van der Waals surface area contributed by atoms with Crippen LogP contribution in [-0.4, -0.2) is 16.1 Å². The van der Waals surface area contributed by atoms with E-state index in [9.17, 15) is 4.79 Å². The standard InChI is InChI=1S/C10H7BrN2O3/c11-7-2-1-5(3-6(7)9(14)15)8-4-16-10(12)13-8/h1-4H,(H2,12,13)(H,14,15). The molecule has 82 valence electrons. The number of oxazole rings is 1. The molecule has 2 rings (SSSR count). The summed E-state index contributed by atoms with van der Waals surface area (Å²) in [6.45, 7) is 0. The lowest BCUT2D eigenvalue weighted by Crippen LogP contribution is -1.97. The van der Waals surface area contributed by atoms with Gasteiger partial charge in [-0.25, -0.2) is 4.79 Å².